The number of anilines is 3. The van der Waals surface area contributed by atoms with Gasteiger partial charge >= 0.3 is 0 Å². The molecule has 0 unspecified atom stereocenters. The van der Waals surface area contributed by atoms with Gasteiger partial charge in [-0.1, -0.05) is 202 Å². The van der Waals surface area contributed by atoms with Crippen LogP contribution >= 0.6 is 0 Å². The molecule has 0 bridgehead atoms. The third-order valence-corrected chi connectivity index (χ3v) is 15.1. The zero-order valence-corrected chi connectivity index (χ0v) is 36.7. The van der Waals surface area contributed by atoms with Crippen molar-refractivity contribution in [1.29, 1.82) is 0 Å². The molecule has 0 amide bonds. The zero-order chi connectivity index (χ0) is 43.7. The lowest BCUT2D eigenvalue weighted by molar-refractivity contribution is 0.489. The number of rotatable bonds is 4. The van der Waals surface area contributed by atoms with Crippen molar-refractivity contribution in [3.8, 4) is 78.3 Å². The second-order valence-electron chi connectivity index (χ2n) is 18.7. The summed E-state index contributed by atoms with van der Waals surface area (Å²) in [7, 11) is 0. The normalized spacial score (nSPS) is 14.3. The van der Waals surface area contributed by atoms with Crippen molar-refractivity contribution in [2.24, 2.45) is 0 Å². The first-order valence-electron chi connectivity index (χ1n) is 23.1. The molecule has 0 radical (unpaired) electrons. The summed E-state index contributed by atoms with van der Waals surface area (Å²) < 4.78 is 7.33. The fourth-order valence-corrected chi connectivity index (χ4v) is 12.3. The van der Waals surface area contributed by atoms with E-state index in [-0.39, 0.29) is 5.41 Å². The minimum absolute atomic E-state index is 0.187. The van der Waals surface area contributed by atoms with Gasteiger partial charge in [-0.3, -0.25) is 0 Å². The summed E-state index contributed by atoms with van der Waals surface area (Å²) >= 11 is 0. The van der Waals surface area contributed by atoms with Crippen LogP contribution < -0.4 is 9.64 Å². The first-order valence-corrected chi connectivity index (χ1v) is 23.1. The van der Waals surface area contributed by atoms with Crippen LogP contribution in [-0.4, -0.2) is 0 Å². The molecule has 0 atom stereocenters. The Kier molecular flexibility index (Phi) is 7.70. The van der Waals surface area contributed by atoms with Gasteiger partial charge < -0.3 is 9.64 Å². The first kappa shape index (κ1) is 37.2. The number of hydrogen-bond acceptors (Lipinski definition) is 2. The Morgan fingerprint density at radius 2 is 0.788 bits per heavy atom. The summed E-state index contributed by atoms with van der Waals surface area (Å²) in [4.78, 5) is 2.51. The highest BCUT2D eigenvalue weighted by Crippen LogP contribution is 2.64. The summed E-state index contributed by atoms with van der Waals surface area (Å²) in [6.45, 7) is 4.74. The van der Waals surface area contributed by atoms with E-state index in [1.165, 1.54) is 66.8 Å². The number of nitrogens with zero attached hydrogens (tertiary/aromatic N) is 1. The zero-order valence-electron chi connectivity index (χ0n) is 36.7. The van der Waals surface area contributed by atoms with Gasteiger partial charge in [0.25, 0.3) is 0 Å². The number of hydrogen-bond donors (Lipinski definition) is 0. The highest BCUT2D eigenvalue weighted by molar-refractivity contribution is 6.02. The van der Waals surface area contributed by atoms with Crippen molar-refractivity contribution in [2.45, 2.75) is 24.7 Å². The maximum absolute atomic E-state index is 7.33. The van der Waals surface area contributed by atoms with E-state index in [9.17, 15) is 0 Å². The molecule has 2 heteroatoms. The van der Waals surface area contributed by atoms with Gasteiger partial charge in [-0.2, -0.15) is 0 Å². The number of para-hydroxylation sites is 1. The van der Waals surface area contributed by atoms with Gasteiger partial charge in [-0.05, 0) is 120 Å². The van der Waals surface area contributed by atoms with Crippen LogP contribution in [0.4, 0.5) is 17.1 Å². The molecular weight excluding hydrogens is 799 g/mol. The van der Waals surface area contributed by atoms with Crippen LogP contribution in [-0.2, 0) is 10.8 Å². The fraction of sp³-hybridized carbons (Fsp3) is 0.0625. The van der Waals surface area contributed by atoms with E-state index in [0.717, 1.165) is 61.9 Å². The largest absolute Gasteiger partial charge is 0.455 e. The van der Waals surface area contributed by atoms with E-state index in [0.29, 0.717) is 0 Å². The molecule has 1 spiro atoms. The van der Waals surface area contributed by atoms with Gasteiger partial charge in [0.05, 0.1) is 11.1 Å². The van der Waals surface area contributed by atoms with Crippen molar-refractivity contribution in [1.82, 2.24) is 0 Å². The quantitative estimate of drug-likeness (QED) is 0.175. The summed E-state index contributed by atoms with van der Waals surface area (Å²) in [6, 6.07) is 83.1. The van der Waals surface area contributed by atoms with Crippen molar-refractivity contribution in [2.75, 3.05) is 4.90 Å². The molecule has 2 nitrogen and oxygen atoms in total. The molecule has 0 aromatic heterocycles. The summed E-state index contributed by atoms with van der Waals surface area (Å²) in [5.41, 5.74) is 24.9. The van der Waals surface area contributed by atoms with E-state index in [4.69, 9.17) is 4.74 Å². The van der Waals surface area contributed by atoms with Crippen molar-refractivity contribution < 1.29 is 4.74 Å². The van der Waals surface area contributed by atoms with Gasteiger partial charge in [0.1, 0.15) is 11.5 Å². The Hall–Kier alpha value is -8.20. The monoisotopic (exact) mass is 841 g/mol. The van der Waals surface area contributed by atoms with Crippen molar-refractivity contribution >= 4 is 17.1 Å². The highest BCUT2D eigenvalue weighted by atomic mass is 16.5. The third-order valence-electron chi connectivity index (χ3n) is 15.1. The molecular formula is C64H43NO. The lowest BCUT2D eigenvalue weighted by Crippen LogP contribution is -2.26. The van der Waals surface area contributed by atoms with Gasteiger partial charge in [-0.15, -0.1) is 0 Å². The molecule has 0 fully saturated rings. The standard InChI is InChI=1S/C64H43NO/c1-63(2)53-28-12-8-21-45(53)49-36-34-41(38-57(49)63)65(59-32-17-33-60-61(59)51-25-7-6-20-44(51)52-27-16-26-43(62(52)66-60)40-18-4-3-5-19-40)42-35-37-50-48-24-11-15-31-56(48)64(58(50)39-42)54-29-13-9-22-46(54)47-23-10-14-30-55(47)64/h3-39H,1-2H3. The molecule has 0 saturated heterocycles. The first-order chi connectivity index (χ1) is 32.5. The minimum Gasteiger partial charge on any atom is -0.455 e. The number of fused-ring (bicyclic) bond motifs is 18. The third kappa shape index (κ3) is 4.91. The highest BCUT2D eigenvalue weighted by Gasteiger charge is 2.52. The van der Waals surface area contributed by atoms with Crippen LogP contribution in [0, 0.1) is 0 Å². The Labute approximate surface area is 385 Å². The SMILES string of the molecule is CC1(C)c2ccccc2-c2ccc(N(c3ccc4c(c3)C3(c5ccccc5-c5ccccc53)c3ccccc3-4)c3cccc4c3-c3ccccc3-c3cccc(-c5ccccc5)c3O4)cc21. The van der Waals surface area contributed by atoms with Crippen molar-refractivity contribution in [3.63, 3.8) is 0 Å². The maximum atomic E-state index is 7.33. The summed E-state index contributed by atoms with van der Waals surface area (Å²) in [6.07, 6.45) is 0. The molecule has 3 aliphatic carbocycles. The van der Waals surface area contributed by atoms with Crippen molar-refractivity contribution in [3.05, 3.63) is 258 Å². The summed E-state index contributed by atoms with van der Waals surface area (Å²) in [5.74, 6) is 1.69. The van der Waals surface area contributed by atoms with Gasteiger partial charge in [0.15, 0.2) is 0 Å². The van der Waals surface area contributed by atoms with E-state index in [1.807, 2.05) is 0 Å². The second-order valence-corrected chi connectivity index (χ2v) is 18.7. The molecule has 66 heavy (non-hydrogen) atoms. The Morgan fingerprint density at radius 3 is 1.42 bits per heavy atom. The molecule has 1 aliphatic heterocycles. The molecule has 4 aliphatic rings. The van der Waals surface area contributed by atoms with Crippen LogP contribution in [0.15, 0.2) is 224 Å². The Balaban J connectivity index is 1.05. The molecule has 10 aromatic rings. The number of benzene rings is 10. The lowest BCUT2D eigenvalue weighted by atomic mass is 9.70. The van der Waals surface area contributed by atoms with E-state index < -0.39 is 5.41 Å². The molecule has 10 aromatic carbocycles. The predicted molar refractivity (Wildman–Crippen MR) is 271 cm³/mol. The van der Waals surface area contributed by atoms with Crippen LogP contribution in [0.25, 0.3) is 66.8 Å². The van der Waals surface area contributed by atoms with Crippen LogP contribution in [0.1, 0.15) is 47.2 Å². The lowest BCUT2D eigenvalue weighted by Gasteiger charge is -2.33. The average molecular weight is 842 g/mol. The Bertz CT molecular complexity index is 3610. The van der Waals surface area contributed by atoms with E-state index in [2.05, 4.69) is 243 Å². The smallest absolute Gasteiger partial charge is 0.143 e. The molecule has 1 heterocycles. The van der Waals surface area contributed by atoms with Gasteiger partial charge in [0, 0.05) is 33.5 Å². The topological polar surface area (TPSA) is 12.5 Å². The molecule has 0 N–H and O–H groups in total. The molecule has 310 valence electrons. The van der Waals surface area contributed by atoms with Crippen LogP contribution in [0.5, 0.6) is 11.5 Å². The molecule has 14 rings (SSSR count). The number of ether oxygens (including phenoxy) is 1. The Morgan fingerprint density at radius 1 is 0.333 bits per heavy atom. The second kappa shape index (κ2) is 13.7. The van der Waals surface area contributed by atoms with E-state index >= 15 is 0 Å². The van der Waals surface area contributed by atoms with Gasteiger partial charge in [-0.25, -0.2) is 0 Å². The fourth-order valence-electron chi connectivity index (χ4n) is 12.3. The maximum Gasteiger partial charge on any atom is 0.143 e. The van der Waals surface area contributed by atoms with Gasteiger partial charge in [0.2, 0.25) is 0 Å². The van der Waals surface area contributed by atoms with Crippen LogP contribution in [0.3, 0.4) is 0 Å². The predicted octanol–water partition coefficient (Wildman–Crippen LogP) is 16.9. The minimum atomic E-state index is -0.485. The summed E-state index contributed by atoms with van der Waals surface area (Å²) in [5, 5.41) is 0. The average Bonchev–Trinajstić information content (AvgIpc) is 3.88. The molecule has 0 saturated carbocycles. The van der Waals surface area contributed by atoms with E-state index in [1.54, 1.807) is 0 Å². The van der Waals surface area contributed by atoms with Crippen LogP contribution in [0.2, 0.25) is 0 Å².